The fourth-order valence-electron chi connectivity index (χ4n) is 2.23. The van der Waals surface area contributed by atoms with Crippen molar-refractivity contribution >= 4 is 19.4 Å². The number of hydrogen-bond donors (Lipinski definition) is 0. The van der Waals surface area contributed by atoms with Gasteiger partial charge in [-0.1, -0.05) is 51.4 Å². The second-order valence-corrected chi connectivity index (χ2v) is 7.46. The van der Waals surface area contributed by atoms with E-state index in [-0.39, 0.29) is 15.1 Å². The van der Waals surface area contributed by atoms with Crippen molar-refractivity contribution in [3.8, 4) is 0 Å². The predicted molar refractivity (Wildman–Crippen MR) is 84.3 cm³/mol. The Balaban J connectivity index is 0.000000284. The second-order valence-electron chi connectivity index (χ2n) is 4.97. The Morgan fingerprint density at radius 2 is 0.684 bits per heavy atom. The summed E-state index contributed by atoms with van der Waals surface area (Å²) >= 11 is -0.226. The van der Waals surface area contributed by atoms with Gasteiger partial charge in [-0.3, -0.25) is 0 Å². The van der Waals surface area contributed by atoms with Crippen LogP contribution in [0.5, 0.6) is 0 Å². The van der Waals surface area contributed by atoms with E-state index in [1.807, 2.05) is 0 Å². The summed E-state index contributed by atoms with van der Waals surface area (Å²) in [5, 5.41) is 0. The first-order valence-electron chi connectivity index (χ1n) is 7.55. The van der Waals surface area contributed by atoms with Gasteiger partial charge in [0.05, 0.1) is 0 Å². The van der Waals surface area contributed by atoms with Crippen LogP contribution < -0.4 is 0 Å². The topological polar surface area (TPSA) is 0 Å². The van der Waals surface area contributed by atoms with Gasteiger partial charge in [-0.25, -0.2) is 0 Å². The molecule has 2 rings (SSSR count). The standard InChI is InChI=1S/2C8H14.2ClH.Rh/c2*1-2-4-6-8-7-5-3-1;;;/h2*1-2H,3-8H2;2*1H;/q;;;;+2/p-2. The summed E-state index contributed by atoms with van der Waals surface area (Å²) in [5.74, 6) is 0. The zero-order chi connectivity index (χ0) is 14.0. The molecular weight excluding hydrogens is 366 g/mol. The molecule has 2 fully saturated rings. The second kappa shape index (κ2) is 19.2. The monoisotopic (exact) mass is 393 g/mol. The fraction of sp³-hybridized carbons (Fsp3) is 0.750. The molecule has 0 heterocycles. The van der Waals surface area contributed by atoms with Gasteiger partial charge in [-0.2, -0.15) is 0 Å². The normalized spacial score (nSPS) is 21.4. The van der Waals surface area contributed by atoms with E-state index in [1.165, 1.54) is 77.0 Å². The van der Waals surface area contributed by atoms with Gasteiger partial charge >= 0.3 is 34.5 Å². The average Bonchev–Trinajstić information content (AvgIpc) is 2.28. The summed E-state index contributed by atoms with van der Waals surface area (Å²) < 4.78 is 0. The summed E-state index contributed by atoms with van der Waals surface area (Å²) in [5.41, 5.74) is 0. The van der Waals surface area contributed by atoms with Gasteiger partial charge in [0.1, 0.15) is 0 Å². The Kier molecular flexibility index (Phi) is 20.4. The van der Waals surface area contributed by atoms with Crippen molar-refractivity contribution < 1.29 is 15.1 Å². The molecule has 115 valence electrons. The third kappa shape index (κ3) is 19.2. The van der Waals surface area contributed by atoms with E-state index >= 15 is 0 Å². The molecule has 0 unspecified atom stereocenters. The summed E-state index contributed by atoms with van der Waals surface area (Å²) in [4.78, 5) is 0. The first-order chi connectivity index (χ1) is 9.41. The summed E-state index contributed by atoms with van der Waals surface area (Å²) in [6, 6.07) is 0. The number of halogens is 2. The predicted octanol–water partition coefficient (Wildman–Crippen LogP) is 6.87. The van der Waals surface area contributed by atoms with E-state index < -0.39 is 0 Å². The third-order valence-corrected chi connectivity index (χ3v) is 3.32. The molecule has 0 aromatic heterocycles. The maximum absolute atomic E-state index is 4.83. The molecule has 2 aliphatic carbocycles. The van der Waals surface area contributed by atoms with E-state index in [0.717, 1.165) is 0 Å². The first-order valence-corrected chi connectivity index (χ1v) is 11.8. The minimum atomic E-state index is -0.226. The molecule has 0 N–H and O–H groups in total. The molecular formula is C16H28Cl2Rh. The molecule has 2 saturated carbocycles. The minimum absolute atomic E-state index is 0.226. The van der Waals surface area contributed by atoms with Crippen LogP contribution in [0.1, 0.15) is 77.0 Å². The SMILES string of the molecule is [CH]1[CH]CCCCCC1.[CH]1[CH]CCCCCC1.[Cl][Rh][Cl]. The van der Waals surface area contributed by atoms with Crippen molar-refractivity contribution in [3.63, 3.8) is 0 Å². The molecule has 0 nitrogen and oxygen atoms in total. The summed E-state index contributed by atoms with van der Waals surface area (Å²) in [7, 11) is 9.67. The van der Waals surface area contributed by atoms with Crippen LogP contribution in [0.2, 0.25) is 0 Å². The Hall–Kier alpha value is 1.20. The van der Waals surface area contributed by atoms with Gasteiger partial charge in [0.2, 0.25) is 0 Å². The zero-order valence-corrected chi connectivity index (χ0v) is 15.0. The van der Waals surface area contributed by atoms with Crippen molar-refractivity contribution in [2.75, 3.05) is 0 Å². The van der Waals surface area contributed by atoms with Crippen molar-refractivity contribution in [1.82, 2.24) is 0 Å². The quantitative estimate of drug-likeness (QED) is 0.393. The number of hydrogen-bond acceptors (Lipinski definition) is 0. The summed E-state index contributed by atoms with van der Waals surface area (Å²) in [6.07, 6.45) is 26.0. The molecule has 0 amide bonds. The van der Waals surface area contributed by atoms with Gasteiger partial charge in [-0.05, 0) is 51.4 Å². The van der Waals surface area contributed by atoms with Crippen molar-refractivity contribution in [3.05, 3.63) is 25.7 Å². The zero-order valence-electron chi connectivity index (χ0n) is 11.9. The van der Waals surface area contributed by atoms with Gasteiger partial charge in [0, 0.05) is 0 Å². The van der Waals surface area contributed by atoms with Crippen LogP contribution in [0, 0.1) is 25.7 Å². The van der Waals surface area contributed by atoms with E-state index in [2.05, 4.69) is 25.7 Å². The summed E-state index contributed by atoms with van der Waals surface area (Å²) in [6.45, 7) is 0. The van der Waals surface area contributed by atoms with E-state index in [1.54, 1.807) is 0 Å². The molecule has 4 radical (unpaired) electrons. The van der Waals surface area contributed by atoms with Crippen LogP contribution >= 0.6 is 19.4 Å². The van der Waals surface area contributed by atoms with Gasteiger partial charge in [0.25, 0.3) is 0 Å². The molecule has 2 aliphatic rings. The molecule has 0 saturated heterocycles. The van der Waals surface area contributed by atoms with Gasteiger partial charge in [0.15, 0.2) is 0 Å². The van der Waals surface area contributed by atoms with Crippen LogP contribution in [0.3, 0.4) is 0 Å². The molecule has 3 heteroatoms. The van der Waals surface area contributed by atoms with Crippen LogP contribution in [-0.2, 0) is 15.1 Å². The van der Waals surface area contributed by atoms with Gasteiger partial charge < -0.3 is 0 Å². The van der Waals surface area contributed by atoms with Crippen LogP contribution in [-0.4, -0.2) is 0 Å². The molecule has 0 aliphatic heterocycles. The molecule has 0 spiro atoms. The van der Waals surface area contributed by atoms with E-state index in [4.69, 9.17) is 19.4 Å². The van der Waals surface area contributed by atoms with Crippen molar-refractivity contribution in [2.45, 2.75) is 77.0 Å². The number of rotatable bonds is 0. The van der Waals surface area contributed by atoms with E-state index in [0.29, 0.717) is 0 Å². The van der Waals surface area contributed by atoms with Crippen LogP contribution in [0.4, 0.5) is 0 Å². The Bertz CT molecular complexity index is 89.7. The maximum atomic E-state index is 4.83. The van der Waals surface area contributed by atoms with Gasteiger partial charge in [-0.15, -0.1) is 0 Å². The van der Waals surface area contributed by atoms with Crippen molar-refractivity contribution in [1.29, 1.82) is 0 Å². The van der Waals surface area contributed by atoms with Crippen LogP contribution in [0.15, 0.2) is 0 Å². The van der Waals surface area contributed by atoms with Crippen molar-refractivity contribution in [2.24, 2.45) is 0 Å². The molecule has 0 bridgehead atoms. The molecule has 0 atom stereocenters. The van der Waals surface area contributed by atoms with Crippen LogP contribution in [0.25, 0.3) is 0 Å². The Labute approximate surface area is 137 Å². The molecule has 0 aromatic carbocycles. The van der Waals surface area contributed by atoms with E-state index in [9.17, 15) is 0 Å². The third-order valence-electron chi connectivity index (χ3n) is 3.32. The fourth-order valence-corrected chi connectivity index (χ4v) is 2.23. The first kappa shape index (κ1) is 20.2. The molecule has 0 aromatic rings. The molecule has 19 heavy (non-hydrogen) atoms. The Morgan fingerprint density at radius 1 is 0.474 bits per heavy atom. The Morgan fingerprint density at radius 3 is 0.895 bits per heavy atom. The average molecular weight is 394 g/mol.